The van der Waals surface area contributed by atoms with Crippen LogP contribution in [-0.4, -0.2) is 24.3 Å². The van der Waals surface area contributed by atoms with Crippen molar-refractivity contribution in [3.8, 4) is 0 Å². The van der Waals surface area contributed by atoms with Crippen LogP contribution in [0.5, 0.6) is 0 Å². The van der Waals surface area contributed by atoms with Gasteiger partial charge < -0.3 is 10.4 Å². The van der Waals surface area contributed by atoms with E-state index in [-0.39, 0.29) is 0 Å². The smallest absolute Gasteiger partial charge is 0.0459 e. The van der Waals surface area contributed by atoms with Gasteiger partial charge in [0.15, 0.2) is 0 Å². The highest BCUT2D eigenvalue weighted by atomic mass is 16.3. The van der Waals surface area contributed by atoms with Crippen molar-refractivity contribution in [2.24, 2.45) is 11.8 Å². The van der Waals surface area contributed by atoms with E-state index in [0.717, 1.165) is 12.5 Å². The molecule has 0 unspecified atom stereocenters. The van der Waals surface area contributed by atoms with Crippen LogP contribution in [0.15, 0.2) is 0 Å². The molecule has 11 heavy (non-hydrogen) atoms. The molecule has 0 spiro atoms. The molecule has 1 fully saturated rings. The first-order chi connectivity index (χ1) is 5.22. The van der Waals surface area contributed by atoms with E-state index in [1.807, 2.05) is 0 Å². The average molecular weight is 157 g/mol. The SMILES string of the molecule is CC(C)NC[C@H]1C[C@H](CO)C1. The standard InChI is InChI=1S/C9H19NO/c1-7(2)10-5-8-3-9(4-8)6-11/h7-11H,3-6H2,1-2H3/t8-,9-. The number of nitrogens with one attached hydrogen (secondary N) is 1. The third-order valence-electron chi connectivity index (χ3n) is 2.41. The molecular formula is C9H19NO. The van der Waals surface area contributed by atoms with E-state index in [2.05, 4.69) is 19.2 Å². The molecular weight excluding hydrogens is 138 g/mol. The maximum absolute atomic E-state index is 8.76. The van der Waals surface area contributed by atoms with E-state index < -0.39 is 0 Å². The summed E-state index contributed by atoms with van der Waals surface area (Å²) in [6.45, 7) is 5.86. The molecule has 2 N–H and O–H groups in total. The number of aliphatic hydroxyl groups is 1. The summed E-state index contributed by atoms with van der Waals surface area (Å²) in [6.07, 6.45) is 2.44. The molecule has 66 valence electrons. The van der Waals surface area contributed by atoms with E-state index in [1.165, 1.54) is 12.8 Å². The summed E-state index contributed by atoms with van der Waals surface area (Å²) in [4.78, 5) is 0. The van der Waals surface area contributed by atoms with Crippen molar-refractivity contribution < 1.29 is 5.11 Å². The van der Waals surface area contributed by atoms with Gasteiger partial charge in [-0.25, -0.2) is 0 Å². The molecule has 0 radical (unpaired) electrons. The molecule has 2 heteroatoms. The zero-order valence-electron chi connectivity index (χ0n) is 7.51. The molecule has 0 heterocycles. The fraction of sp³-hybridized carbons (Fsp3) is 1.00. The van der Waals surface area contributed by atoms with Gasteiger partial charge in [0.05, 0.1) is 0 Å². The molecule has 0 saturated heterocycles. The first-order valence-corrected chi connectivity index (χ1v) is 4.56. The molecule has 1 rings (SSSR count). The fourth-order valence-electron chi connectivity index (χ4n) is 1.59. The Hall–Kier alpha value is -0.0800. The monoisotopic (exact) mass is 157 g/mol. The Morgan fingerprint density at radius 2 is 2.00 bits per heavy atom. The van der Waals surface area contributed by atoms with E-state index in [4.69, 9.17) is 5.11 Å². The molecule has 0 amide bonds. The topological polar surface area (TPSA) is 32.3 Å². The summed E-state index contributed by atoms with van der Waals surface area (Å²) >= 11 is 0. The van der Waals surface area contributed by atoms with Crippen molar-refractivity contribution in [3.63, 3.8) is 0 Å². The van der Waals surface area contributed by atoms with Crippen LogP contribution in [0.2, 0.25) is 0 Å². The number of hydrogen-bond acceptors (Lipinski definition) is 2. The van der Waals surface area contributed by atoms with Crippen molar-refractivity contribution in [1.29, 1.82) is 0 Å². The van der Waals surface area contributed by atoms with Gasteiger partial charge in [0, 0.05) is 12.6 Å². The molecule has 2 nitrogen and oxygen atoms in total. The summed E-state index contributed by atoms with van der Waals surface area (Å²) in [5.74, 6) is 1.43. The predicted octanol–water partition coefficient (Wildman–Crippen LogP) is 1.00. The number of rotatable bonds is 4. The van der Waals surface area contributed by atoms with Gasteiger partial charge in [-0.2, -0.15) is 0 Å². The Kier molecular flexibility index (Phi) is 3.34. The summed E-state index contributed by atoms with van der Waals surface area (Å²) in [7, 11) is 0. The van der Waals surface area contributed by atoms with Gasteiger partial charge in [0.2, 0.25) is 0 Å². The Labute approximate surface area is 69.0 Å². The molecule has 1 saturated carbocycles. The lowest BCUT2D eigenvalue weighted by atomic mass is 9.75. The van der Waals surface area contributed by atoms with E-state index in [1.54, 1.807) is 0 Å². The summed E-state index contributed by atoms with van der Waals surface area (Å²) in [5.41, 5.74) is 0. The van der Waals surface area contributed by atoms with Crippen molar-refractivity contribution in [1.82, 2.24) is 5.32 Å². The molecule has 0 aromatic rings. The zero-order chi connectivity index (χ0) is 8.27. The maximum Gasteiger partial charge on any atom is 0.0459 e. The third kappa shape index (κ3) is 2.80. The van der Waals surface area contributed by atoms with Gasteiger partial charge in [0.25, 0.3) is 0 Å². The summed E-state index contributed by atoms with van der Waals surface area (Å²) in [6, 6.07) is 0.600. The second kappa shape index (κ2) is 4.07. The summed E-state index contributed by atoms with van der Waals surface area (Å²) < 4.78 is 0. The maximum atomic E-state index is 8.76. The largest absolute Gasteiger partial charge is 0.396 e. The minimum absolute atomic E-state index is 0.387. The van der Waals surface area contributed by atoms with Gasteiger partial charge in [-0.15, -0.1) is 0 Å². The summed E-state index contributed by atoms with van der Waals surface area (Å²) in [5, 5.41) is 12.2. The molecule has 1 aliphatic carbocycles. The van der Waals surface area contributed by atoms with Crippen LogP contribution in [0.25, 0.3) is 0 Å². The van der Waals surface area contributed by atoms with Crippen molar-refractivity contribution in [3.05, 3.63) is 0 Å². The van der Waals surface area contributed by atoms with Crippen LogP contribution in [0.3, 0.4) is 0 Å². The van der Waals surface area contributed by atoms with E-state index in [0.29, 0.717) is 18.6 Å². The molecule has 1 aliphatic rings. The van der Waals surface area contributed by atoms with Crippen LogP contribution < -0.4 is 5.32 Å². The average Bonchev–Trinajstić information content (AvgIpc) is 1.84. The van der Waals surface area contributed by atoms with Gasteiger partial charge in [-0.05, 0) is 31.2 Å². The highest BCUT2D eigenvalue weighted by Gasteiger charge is 2.27. The van der Waals surface area contributed by atoms with Gasteiger partial charge >= 0.3 is 0 Å². The predicted molar refractivity (Wildman–Crippen MR) is 46.4 cm³/mol. The lowest BCUT2D eigenvalue weighted by molar-refractivity contribution is 0.105. The van der Waals surface area contributed by atoms with Crippen LogP contribution in [-0.2, 0) is 0 Å². The Balaban J connectivity index is 1.96. The first-order valence-electron chi connectivity index (χ1n) is 4.56. The van der Waals surface area contributed by atoms with Gasteiger partial charge in [-0.3, -0.25) is 0 Å². The fourth-order valence-corrected chi connectivity index (χ4v) is 1.59. The second-order valence-electron chi connectivity index (χ2n) is 3.95. The van der Waals surface area contributed by atoms with E-state index in [9.17, 15) is 0 Å². The Morgan fingerprint density at radius 1 is 1.36 bits per heavy atom. The zero-order valence-corrected chi connectivity index (χ0v) is 7.51. The Bertz CT molecular complexity index is 108. The second-order valence-corrected chi connectivity index (χ2v) is 3.95. The minimum atomic E-state index is 0.387. The van der Waals surface area contributed by atoms with Crippen LogP contribution >= 0.6 is 0 Å². The normalized spacial score (nSPS) is 30.5. The van der Waals surface area contributed by atoms with Crippen molar-refractivity contribution in [2.45, 2.75) is 32.7 Å². The number of aliphatic hydroxyl groups excluding tert-OH is 1. The van der Waals surface area contributed by atoms with Gasteiger partial charge in [-0.1, -0.05) is 13.8 Å². The quantitative estimate of drug-likeness (QED) is 0.638. The Morgan fingerprint density at radius 3 is 2.45 bits per heavy atom. The van der Waals surface area contributed by atoms with Gasteiger partial charge in [0.1, 0.15) is 0 Å². The molecule has 0 bridgehead atoms. The van der Waals surface area contributed by atoms with Crippen LogP contribution in [0.1, 0.15) is 26.7 Å². The van der Waals surface area contributed by atoms with Crippen LogP contribution in [0.4, 0.5) is 0 Å². The number of hydrogen-bond donors (Lipinski definition) is 2. The third-order valence-corrected chi connectivity index (χ3v) is 2.41. The van der Waals surface area contributed by atoms with Crippen LogP contribution in [0, 0.1) is 11.8 Å². The van der Waals surface area contributed by atoms with E-state index >= 15 is 0 Å². The lowest BCUT2D eigenvalue weighted by Gasteiger charge is -2.34. The van der Waals surface area contributed by atoms with Crippen molar-refractivity contribution >= 4 is 0 Å². The molecule has 0 aromatic heterocycles. The lowest BCUT2D eigenvalue weighted by Crippen LogP contribution is -2.37. The first kappa shape index (κ1) is 9.01. The molecule has 0 aliphatic heterocycles. The molecule has 0 aromatic carbocycles. The minimum Gasteiger partial charge on any atom is -0.396 e. The molecule has 0 atom stereocenters. The highest BCUT2D eigenvalue weighted by molar-refractivity contribution is 4.80. The highest BCUT2D eigenvalue weighted by Crippen LogP contribution is 2.32. The van der Waals surface area contributed by atoms with Crippen molar-refractivity contribution in [2.75, 3.05) is 13.2 Å².